The number of carbonyl (C=O) groups excluding carboxylic acids is 1. The van der Waals surface area contributed by atoms with Gasteiger partial charge in [0, 0.05) is 29.9 Å². The van der Waals surface area contributed by atoms with E-state index in [0.29, 0.717) is 41.5 Å². The van der Waals surface area contributed by atoms with Gasteiger partial charge in [-0.05, 0) is 33.9 Å². The van der Waals surface area contributed by atoms with Crippen LogP contribution in [0.3, 0.4) is 0 Å². The molecule has 0 amide bonds. The van der Waals surface area contributed by atoms with Crippen molar-refractivity contribution >= 4 is 22.2 Å². The molecule has 1 aliphatic heterocycles. The largest absolute Gasteiger partial charge is 0.497 e. The van der Waals surface area contributed by atoms with Gasteiger partial charge >= 0.3 is 0 Å². The molecule has 0 radical (unpaired) electrons. The molecule has 1 aliphatic carbocycles. The van der Waals surface area contributed by atoms with E-state index in [1.54, 1.807) is 18.0 Å². The summed E-state index contributed by atoms with van der Waals surface area (Å²) in [4.78, 5) is 23.3. The molecule has 0 saturated heterocycles. The third-order valence-electron chi connectivity index (χ3n) is 7.54. The molecule has 2 aliphatic rings. The highest BCUT2D eigenvalue weighted by atomic mass is 16.5. The van der Waals surface area contributed by atoms with Crippen molar-refractivity contribution in [2.24, 2.45) is 5.41 Å². The monoisotopic (exact) mass is 502 g/mol. The van der Waals surface area contributed by atoms with Gasteiger partial charge in [0.1, 0.15) is 17.8 Å². The lowest BCUT2D eigenvalue weighted by Crippen LogP contribution is -2.33. The van der Waals surface area contributed by atoms with E-state index in [1.807, 2.05) is 48.5 Å². The average molecular weight is 503 g/mol. The van der Waals surface area contributed by atoms with E-state index >= 15 is 0 Å². The van der Waals surface area contributed by atoms with Crippen LogP contribution in [-0.4, -0.2) is 32.5 Å². The summed E-state index contributed by atoms with van der Waals surface area (Å²) in [6.45, 7) is 4.20. The number of methoxy groups -OCH3 is 1. The molecule has 0 spiro atoms. The number of carbonyl (C=O) groups is 1. The second-order valence-electron chi connectivity index (χ2n) is 10.8. The van der Waals surface area contributed by atoms with E-state index < -0.39 is 0 Å². The van der Waals surface area contributed by atoms with Crippen molar-refractivity contribution in [1.82, 2.24) is 19.6 Å². The molecule has 0 unspecified atom stereocenters. The van der Waals surface area contributed by atoms with Gasteiger partial charge in [-0.15, -0.1) is 5.10 Å². The predicted molar refractivity (Wildman–Crippen MR) is 144 cm³/mol. The molecule has 7 nitrogen and oxygen atoms in total. The van der Waals surface area contributed by atoms with Crippen molar-refractivity contribution in [3.63, 3.8) is 0 Å². The SMILES string of the molecule is COc1ccc([C@H]2C3=C(CC(C)(C)CC3=O)Oc3ncn4nc(-c5cccc6ccccc56)nc4c32)cc1. The fourth-order valence-corrected chi connectivity index (χ4v) is 5.81. The molecule has 7 heteroatoms. The molecule has 0 N–H and O–H groups in total. The smallest absolute Gasteiger partial charge is 0.228 e. The maximum absolute atomic E-state index is 13.6. The minimum absolute atomic E-state index is 0.0958. The molecule has 0 bridgehead atoms. The number of fused-ring (bicyclic) bond motifs is 4. The van der Waals surface area contributed by atoms with Gasteiger partial charge < -0.3 is 9.47 Å². The van der Waals surface area contributed by atoms with Crippen LogP contribution in [0.1, 0.15) is 43.7 Å². The number of nitrogens with zero attached hydrogens (tertiary/aromatic N) is 4. The molecule has 2 aromatic heterocycles. The Bertz CT molecular complexity index is 1780. The molecule has 7 rings (SSSR count). The molecule has 5 aromatic rings. The van der Waals surface area contributed by atoms with Gasteiger partial charge in [0.25, 0.3) is 0 Å². The third kappa shape index (κ3) is 3.49. The Morgan fingerprint density at radius 1 is 1.00 bits per heavy atom. The van der Waals surface area contributed by atoms with Gasteiger partial charge in [0.2, 0.25) is 5.88 Å². The first kappa shape index (κ1) is 22.7. The summed E-state index contributed by atoms with van der Waals surface area (Å²) < 4.78 is 13.5. The van der Waals surface area contributed by atoms with Crippen LogP contribution in [0.15, 0.2) is 84.4 Å². The Hall–Kier alpha value is -4.52. The summed E-state index contributed by atoms with van der Waals surface area (Å²) in [5, 5.41) is 7.00. The Morgan fingerprint density at radius 3 is 2.61 bits per heavy atom. The summed E-state index contributed by atoms with van der Waals surface area (Å²) in [5.41, 5.74) is 3.78. The van der Waals surface area contributed by atoms with Crippen molar-refractivity contribution in [2.75, 3.05) is 7.11 Å². The van der Waals surface area contributed by atoms with Crippen LogP contribution >= 0.6 is 0 Å². The lowest BCUT2D eigenvalue weighted by molar-refractivity contribution is -0.118. The average Bonchev–Trinajstić information content (AvgIpc) is 3.35. The van der Waals surface area contributed by atoms with E-state index in [1.165, 1.54) is 0 Å². The van der Waals surface area contributed by atoms with Gasteiger partial charge in [-0.2, -0.15) is 0 Å². The number of aromatic nitrogens is 4. The maximum atomic E-state index is 13.6. The first-order valence-electron chi connectivity index (χ1n) is 12.7. The highest BCUT2D eigenvalue weighted by molar-refractivity contribution is 6.00. The number of hydrogen-bond donors (Lipinski definition) is 0. The van der Waals surface area contributed by atoms with E-state index in [9.17, 15) is 4.79 Å². The van der Waals surface area contributed by atoms with Crippen molar-refractivity contribution in [3.05, 3.63) is 95.5 Å². The number of ether oxygens (including phenoxy) is 2. The Labute approximate surface area is 219 Å². The summed E-state index contributed by atoms with van der Waals surface area (Å²) in [6.07, 6.45) is 2.77. The Kier molecular flexibility index (Phi) is 4.92. The number of rotatable bonds is 3. The maximum Gasteiger partial charge on any atom is 0.228 e. The second-order valence-corrected chi connectivity index (χ2v) is 10.8. The second kappa shape index (κ2) is 8.25. The van der Waals surface area contributed by atoms with Crippen molar-refractivity contribution < 1.29 is 14.3 Å². The van der Waals surface area contributed by atoms with Crippen LogP contribution in [0.5, 0.6) is 11.6 Å². The minimum Gasteiger partial charge on any atom is -0.497 e. The van der Waals surface area contributed by atoms with E-state index in [4.69, 9.17) is 19.6 Å². The van der Waals surface area contributed by atoms with Gasteiger partial charge in [0.05, 0.1) is 12.7 Å². The van der Waals surface area contributed by atoms with E-state index in [0.717, 1.165) is 33.2 Å². The molecular weight excluding hydrogens is 476 g/mol. The zero-order chi connectivity index (χ0) is 26.0. The Morgan fingerprint density at radius 2 is 1.79 bits per heavy atom. The lowest BCUT2D eigenvalue weighted by Gasteiger charge is -2.37. The summed E-state index contributed by atoms with van der Waals surface area (Å²) in [7, 11) is 1.64. The Balaban J connectivity index is 1.47. The zero-order valence-electron chi connectivity index (χ0n) is 21.4. The minimum atomic E-state index is -0.371. The van der Waals surface area contributed by atoms with Crippen molar-refractivity contribution in [3.8, 4) is 23.0 Å². The number of ketones is 1. The first-order chi connectivity index (χ1) is 18.4. The van der Waals surface area contributed by atoms with E-state index in [2.05, 4.69) is 37.0 Å². The molecule has 0 saturated carbocycles. The van der Waals surface area contributed by atoms with E-state index in [-0.39, 0.29) is 17.1 Å². The van der Waals surface area contributed by atoms with Crippen LogP contribution in [0.25, 0.3) is 27.8 Å². The molecular formula is C31H26N4O3. The highest BCUT2D eigenvalue weighted by Gasteiger charge is 2.44. The molecule has 38 heavy (non-hydrogen) atoms. The van der Waals surface area contributed by atoms with Crippen LogP contribution < -0.4 is 9.47 Å². The topological polar surface area (TPSA) is 78.6 Å². The van der Waals surface area contributed by atoms with Gasteiger partial charge in [-0.1, -0.05) is 68.4 Å². The number of allylic oxidation sites excluding steroid dienone is 2. The quantitative estimate of drug-likeness (QED) is 0.296. The van der Waals surface area contributed by atoms with Crippen LogP contribution in [0.2, 0.25) is 0 Å². The number of hydrogen-bond acceptors (Lipinski definition) is 6. The van der Waals surface area contributed by atoms with Gasteiger partial charge in [0.15, 0.2) is 17.3 Å². The van der Waals surface area contributed by atoms with Crippen LogP contribution in [0, 0.1) is 5.41 Å². The number of benzene rings is 3. The standard InChI is InChI=1S/C31H26N4O3/c1-31(2)15-23(36)26-24(16-31)38-30-27(25(26)19-11-13-20(37-3)14-12-19)29-33-28(34-35(29)17-32-30)22-10-6-8-18-7-4-5-9-21(18)22/h4-14,17,25H,15-16H2,1-3H3/t25-/m0/s1. The zero-order valence-corrected chi connectivity index (χ0v) is 21.4. The van der Waals surface area contributed by atoms with Crippen LogP contribution in [-0.2, 0) is 4.79 Å². The molecule has 0 fully saturated rings. The summed E-state index contributed by atoms with van der Waals surface area (Å²) in [6, 6.07) is 22.2. The summed E-state index contributed by atoms with van der Waals surface area (Å²) >= 11 is 0. The highest BCUT2D eigenvalue weighted by Crippen LogP contribution is 2.50. The first-order valence-corrected chi connectivity index (χ1v) is 12.7. The number of Topliss-reactive ketones (excluding diaryl/α,β-unsaturated/α-hetero) is 1. The normalized spacial score (nSPS) is 18.3. The summed E-state index contributed by atoms with van der Waals surface area (Å²) in [5.74, 6) is 2.25. The molecule has 188 valence electrons. The molecule has 3 aromatic carbocycles. The fourth-order valence-electron chi connectivity index (χ4n) is 5.81. The third-order valence-corrected chi connectivity index (χ3v) is 7.54. The molecule has 3 heterocycles. The predicted octanol–water partition coefficient (Wildman–Crippen LogP) is 6.12. The fraction of sp³-hybridized carbons (Fsp3) is 0.226. The van der Waals surface area contributed by atoms with Crippen molar-refractivity contribution in [2.45, 2.75) is 32.6 Å². The van der Waals surface area contributed by atoms with Gasteiger partial charge in [-0.3, -0.25) is 4.79 Å². The molecule has 1 atom stereocenters. The lowest BCUT2D eigenvalue weighted by atomic mass is 9.70. The van der Waals surface area contributed by atoms with Crippen molar-refractivity contribution in [1.29, 1.82) is 0 Å². The van der Waals surface area contributed by atoms with Crippen LogP contribution in [0.4, 0.5) is 0 Å². The van der Waals surface area contributed by atoms with Gasteiger partial charge in [-0.25, -0.2) is 14.5 Å².